The van der Waals surface area contributed by atoms with Gasteiger partial charge in [0.25, 0.3) is 0 Å². The third-order valence-electron chi connectivity index (χ3n) is 3.20. The second-order valence-corrected chi connectivity index (χ2v) is 4.71. The molecule has 1 unspecified atom stereocenters. The van der Waals surface area contributed by atoms with Gasteiger partial charge in [0.2, 0.25) is 0 Å². The highest BCUT2D eigenvalue weighted by atomic mass is 16.5. The van der Waals surface area contributed by atoms with Gasteiger partial charge in [-0.3, -0.25) is 0 Å². The van der Waals surface area contributed by atoms with E-state index in [-0.39, 0.29) is 25.3 Å². The highest BCUT2D eigenvalue weighted by Gasteiger charge is 2.15. The number of benzene rings is 1. The Balaban J connectivity index is 2.10. The number of rotatable bonds is 5. The van der Waals surface area contributed by atoms with Crippen LogP contribution in [-0.2, 0) is 0 Å². The third kappa shape index (κ3) is 3.59. The minimum atomic E-state index is -0.314. The first-order valence-corrected chi connectivity index (χ1v) is 6.62. The largest absolute Gasteiger partial charge is 0.490 e. The first kappa shape index (κ1) is 14.1. The molecular formula is C14H21NO4. The third-order valence-corrected chi connectivity index (χ3v) is 3.20. The number of hydrogen-bond donors (Lipinski definition) is 3. The van der Waals surface area contributed by atoms with Crippen LogP contribution in [0.3, 0.4) is 0 Å². The van der Waals surface area contributed by atoms with Crippen molar-refractivity contribution in [3.05, 3.63) is 23.8 Å². The predicted molar refractivity (Wildman–Crippen MR) is 71.6 cm³/mol. The van der Waals surface area contributed by atoms with Crippen LogP contribution in [0.25, 0.3) is 0 Å². The Kier molecular flexibility index (Phi) is 5.01. The number of aliphatic hydroxyl groups excluding tert-OH is 2. The summed E-state index contributed by atoms with van der Waals surface area (Å²) in [6.07, 6.45) is 0.884. The van der Waals surface area contributed by atoms with Crippen LogP contribution in [0, 0.1) is 0 Å². The van der Waals surface area contributed by atoms with E-state index in [9.17, 15) is 0 Å². The minimum absolute atomic E-state index is 0.0152. The van der Waals surface area contributed by atoms with Crippen LogP contribution in [0.5, 0.6) is 11.5 Å². The van der Waals surface area contributed by atoms with E-state index < -0.39 is 0 Å². The Morgan fingerprint density at radius 3 is 2.53 bits per heavy atom. The maximum Gasteiger partial charge on any atom is 0.161 e. The molecule has 1 aliphatic rings. The number of nitrogens with one attached hydrogen (secondary N) is 1. The molecular weight excluding hydrogens is 246 g/mol. The molecule has 19 heavy (non-hydrogen) atoms. The average Bonchev–Trinajstić information content (AvgIpc) is 2.68. The fraction of sp³-hybridized carbons (Fsp3) is 0.571. The molecule has 0 aromatic heterocycles. The first-order valence-electron chi connectivity index (χ1n) is 6.62. The highest BCUT2D eigenvalue weighted by molar-refractivity contribution is 5.44. The predicted octanol–water partition coefficient (Wildman–Crippen LogP) is 0.852. The zero-order valence-corrected chi connectivity index (χ0v) is 11.1. The lowest BCUT2D eigenvalue weighted by atomic mass is 10.1. The summed E-state index contributed by atoms with van der Waals surface area (Å²) >= 11 is 0. The van der Waals surface area contributed by atoms with Gasteiger partial charge < -0.3 is 25.0 Å². The van der Waals surface area contributed by atoms with Crippen molar-refractivity contribution in [3.8, 4) is 11.5 Å². The van der Waals surface area contributed by atoms with Crippen LogP contribution in [0.1, 0.15) is 24.9 Å². The molecule has 1 aromatic carbocycles. The van der Waals surface area contributed by atoms with Gasteiger partial charge >= 0.3 is 0 Å². The molecule has 0 aliphatic carbocycles. The Bertz CT molecular complexity index is 406. The molecule has 1 aromatic rings. The maximum absolute atomic E-state index is 9.08. The molecule has 0 saturated heterocycles. The quantitative estimate of drug-likeness (QED) is 0.738. The van der Waals surface area contributed by atoms with Crippen molar-refractivity contribution in [1.29, 1.82) is 0 Å². The summed E-state index contributed by atoms with van der Waals surface area (Å²) in [6, 6.07) is 5.52. The van der Waals surface area contributed by atoms with Gasteiger partial charge in [-0.1, -0.05) is 6.07 Å². The van der Waals surface area contributed by atoms with E-state index in [1.54, 1.807) is 0 Å². The second kappa shape index (κ2) is 6.75. The Labute approximate surface area is 113 Å². The van der Waals surface area contributed by atoms with Gasteiger partial charge in [-0.2, -0.15) is 0 Å². The molecule has 1 atom stereocenters. The van der Waals surface area contributed by atoms with Crippen molar-refractivity contribution in [3.63, 3.8) is 0 Å². The van der Waals surface area contributed by atoms with Crippen LogP contribution in [0.4, 0.5) is 0 Å². The van der Waals surface area contributed by atoms with Crippen LogP contribution in [0.2, 0.25) is 0 Å². The minimum Gasteiger partial charge on any atom is -0.490 e. The fourth-order valence-corrected chi connectivity index (χ4v) is 2.06. The molecule has 106 valence electrons. The lowest BCUT2D eigenvalue weighted by molar-refractivity contribution is 0.163. The zero-order valence-electron chi connectivity index (χ0n) is 11.1. The molecule has 0 radical (unpaired) electrons. The van der Waals surface area contributed by atoms with Crippen LogP contribution < -0.4 is 14.8 Å². The van der Waals surface area contributed by atoms with Gasteiger partial charge in [-0.05, 0) is 24.6 Å². The van der Waals surface area contributed by atoms with Crippen molar-refractivity contribution in [2.24, 2.45) is 0 Å². The molecule has 2 rings (SSSR count). The van der Waals surface area contributed by atoms with E-state index in [0.717, 1.165) is 23.5 Å². The summed E-state index contributed by atoms with van der Waals surface area (Å²) in [5, 5.41) is 21.3. The number of aliphatic hydroxyl groups is 2. The highest BCUT2D eigenvalue weighted by Crippen LogP contribution is 2.32. The van der Waals surface area contributed by atoms with E-state index in [0.29, 0.717) is 13.2 Å². The summed E-state index contributed by atoms with van der Waals surface area (Å²) in [5.41, 5.74) is 1.04. The Hall–Kier alpha value is -1.30. The van der Waals surface area contributed by atoms with Gasteiger partial charge in [0.05, 0.1) is 32.5 Å². The molecule has 1 aliphatic heterocycles. The van der Waals surface area contributed by atoms with Crippen molar-refractivity contribution in [2.75, 3.05) is 26.4 Å². The maximum atomic E-state index is 9.08. The van der Waals surface area contributed by atoms with Crippen molar-refractivity contribution in [2.45, 2.75) is 25.4 Å². The molecule has 3 N–H and O–H groups in total. The Morgan fingerprint density at radius 2 is 1.84 bits per heavy atom. The van der Waals surface area contributed by atoms with Crippen molar-refractivity contribution in [1.82, 2.24) is 5.32 Å². The lowest BCUT2D eigenvalue weighted by Gasteiger charge is -2.21. The van der Waals surface area contributed by atoms with Gasteiger partial charge in [-0.15, -0.1) is 0 Å². The lowest BCUT2D eigenvalue weighted by Crippen LogP contribution is -2.37. The molecule has 0 saturated carbocycles. The standard InChI is InChI=1S/C14H21NO4/c1-10(15-12(8-16)9-17)11-3-4-13-14(7-11)19-6-2-5-18-13/h3-4,7,10,12,15-17H,2,5-6,8-9H2,1H3. The normalized spacial score (nSPS) is 16.2. The molecule has 0 bridgehead atoms. The SMILES string of the molecule is CC(NC(CO)CO)c1ccc2c(c1)OCCCO2. The molecule has 1 heterocycles. The van der Waals surface area contributed by atoms with Crippen LogP contribution in [-0.4, -0.2) is 42.7 Å². The Morgan fingerprint density at radius 1 is 1.16 bits per heavy atom. The molecule has 5 nitrogen and oxygen atoms in total. The smallest absolute Gasteiger partial charge is 0.161 e. The molecule has 0 amide bonds. The average molecular weight is 267 g/mol. The number of fused-ring (bicyclic) bond motifs is 1. The van der Waals surface area contributed by atoms with E-state index in [2.05, 4.69) is 5.32 Å². The van der Waals surface area contributed by atoms with Gasteiger partial charge in [0, 0.05) is 12.5 Å². The topological polar surface area (TPSA) is 71.0 Å². The van der Waals surface area contributed by atoms with E-state index in [1.807, 2.05) is 25.1 Å². The molecule has 0 fully saturated rings. The summed E-state index contributed by atoms with van der Waals surface area (Å²) in [4.78, 5) is 0. The van der Waals surface area contributed by atoms with Gasteiger partial charge in [0.15, 0.2) is 11.5 Å². The van der Waals surface area contributed by atoms with Crippen molar-refractivity contribution < 1.29 is 19.7 Å². The zero-order chi connectivity index (χ0) is 13.7. The van der Waals surface area contributed by atoms with Crippen LogP contribution >= 0.6 is 0 Å². The second-order valence-electron chi connectivity index (χ2n) is 4.71. The van der Waals surface area contributed by atoms with Gasteiger partial charge in [-0.25, -0.2) is 0 Å². The monoisotopic (exact) mass is 267 g/mol. The summed E-state index contributed by atoms with van der Waals surface area (Å²) in [5.74, 6) is 1.53. The van der Waals surface area contributed by atoms with E-state index in [1.165, 1.54) is 0 Å². The van der Waals surface area contributed by atoms with E-state index >= 15 is 0 Å². The summed E-state index contributed by atoms with van der Waals surface area (Å²) < 4.78 is 11.2. The molecule has 0 spiro atoms. The van der Waals surface area contributed by atoms with Crippen LogP contribution in [0.15, 0.2) is 18.2 Å². The summed E-state index contributed by atoms with van der Waals surface area (Å²) in [7, 11) is 0. The summed E-state index contributed by atoms with van der Waals surface area (Å²) in [6.45, 7) is 3.14. The first-order chi connectivity index (χ1) is 9.24. The number of ether oxygens (including phenoxy) is 2. The van der Waals surface area contributed by atoms with Crippen molar-refractivity contribution >= 4 is 0 Å². The van der Waals surface area contributed by atoms with E-state index in [4.69, 9.17) is 19.7 Å². The van der Waals surface area contributed by atoms with Gasteiger partial charge in [0.1, 0.15) is 0 Å². The molecule has 5 heteroatoms. The fourth-order valence-electron chi connectivity index (χ4n) is 2.06. The number of hydrogen-bond acceptors (Lipinski definition) is 5.